The molecule has 0 radical (unpaired) electrons. The van der Waals surface area contributed by atoms with E-state index in [1.165, 1.54) is 38.5 Å². The molecule has 28 heavy (non-hydrogen) atoms. The summed E-state index contributed by atoms with van der Waals surface area (Å²) in [6, 6.07) is 0. The maximum Gasteiger partial charge on any atom is 0.306 e. The van der Waals surface area contributed by atoms with Crippen LogP contribution in [0, 0.1) is 29.6 Å². The molecule has 1 rings (SSSR count). The zero-order chi connectivity index (χ0) is 20.5. The van der Waals surface area contributed by atoms with Crippen molar-refractivity contribution in [2.24, 2.45) is 17.8 Å². The van der Waals surface area contributed by atoms with E-state index in [1.54, 1.807) is 0 Å². The fourth-order valence-electron chi connectivity index (χ4n) is 4.02. The lowest BCUT2D eigenvalue weighted by atomic mass is 9.92. The predicted octanol–water partition coefficient (Wildman–Crippen LogP) is 7.55. The van der Waals surface area contributed by atoms with Crippen LogP contribution in [0.15, 0.2) is 24.3 Å². The van der Waals surface area contributed by atoms with Crippen LogP contribution in [0.4, 0.5) is 0 Å². The molecule has 0 spiro atoms. The van der Waals surface area contributed by atoms with Crippen molar-refractivity contribution in [2.45, 2.75) is 104 Å². The summed E-state index contributed by atoms with van der Waals surface area (Å²) in [7, 11) is 0. The van der Waals surface area contributed by atoms with Crippen molar-refractivity contribution in [3.8, 4) is 11.8 Å². The molecule has 0 saturated heterocycles. The number of carboxylic acids is 1. The molecule has 0 aliphatic heterocycles. The Balaban J connectivity index is 2.28. The van der Waals surface area contributed by atoms with Crippen LogP contribution in [0.3, 0.4) is 0 Å². The van der Waals surface area contributed by atoms with Crippen molar-refractivity contribution in [3.05, 3.63) is 24.3 Å². The number of unbranched alkanes of at least 4 members (excludes halogenated alkanes) is 4. The van der Waals surface area contributed by atoms with Gasteiger partial charge in [-0.15, -0.1) is 0 Å². The summed E-state index contributed by atoms with van der Waals surface area (Å²) < 4.78 is 0. The lowest BCUT2D eigenvalue weighted by molar-refractivity contribution is -0.142. The normalized spacial score (nSPS) is 20.5. The summed E-state index contributed by atoms with van der Waals surface area (Å²) in [5.74, 6) is 7.29. The number of carboxylic acid groups (broad SMARTS) is 1. The molecule has 0 bridgehead atoms. The molecule has 1 fully saturated rings. The Morgan fingerprint density at radius 2 is 1.82 bits per heavy atom. The lowest BCUT2D eigenvalue weighted by Crippen LogP contribution is -2.13. The molecule has 1 unspecified atom stereocenters. The van der Waals surface area contributed by atoms with E-state index in [0.29, 0.717) is 11.8 Å². The van der Waals surface area contributed by atoms with E-state index in [4.69, 9.17) is 0 Å². The number of carbonyl (C=O) groups is 1. The van der Waals surface area contributed by atoms with Crippen molar-refractivity contribution >= 4 is 5.97 Å². The first-order chi connectivity index (χ1) is 13.7. The van der Waals surface area contributed by atoms with E-state index in [1.807, 2.05) is 0 Å². The molecule has 158 valence electrons. The van der Waals surface area contributed by atoms with Crippen LogP contribution >= 0.6 is 0 Å². The minimum Gasteiger partial charge on any atom is -0.481 e. The first-order valence-corrected chi connectivity index (χ1v) is 11.7. The fraction of sp³-hybridized carbons (Fsp3) is 0.731. The Bertz CT molecular complexity index is 520. The second-order valence-corrected chi connectivity index (χ2v) is 8.25. The zero-order valence-electron chi connectivity index (χ0n) is 18.3. The molecule has 0 aromatic carbocycles. The predicted molar refractivity (Wildman–Crippen MR) is 120 cm³/mol. The second kappa shape index (κ2) is 16.5. The number of allylic oxidation sites excluding steroid dienone is 4. The van der Waals surface area contributed by atoms with E-state index < -0.39 is 5.97 Å². The summed E-state index contributed by atoms with van der Waals surface area (Å²) >= 11 is 0. The summed E-state index contributed by atoms with van der Waals surface area (Å²) in [4.78, 5) is 11.4. The maximum atomic E-state index is 11.4. The van der Waals surface area contributed by atoms with Crippen LogP contribution in [0.2, 0.25) is 0 Å². The average Bonchev–Trinajstić information content (AvgIpc) is 3.13. The highest BCUT2D eigenvalue weighted by molar-refractivity contribution is 5.69. The van der Waals surface area contributed by atoms with E-state index in [-0.39, 0.29) is 5.92 Å². The van der Waals surface area contributed by atoms with Gasteiger partial charge >= 0.3 is 5.97 Å². The van der Waals surface area contributed by atoms with E-state index >= 15 is 0 Å². The van der Waals surface area contributed by atoms with Crippen LogP contribution in [0.25, 0.3) is 0 Å². The first kappa shape index (κ1) is 24.5. The lowest BCUT2D eigenvalue weighted by Gasteiger charge is -2.12. The Morgan fingerprint density at radius 3 is 2.57 bits per heavy atom. The van der Waals surface area contributed by atoms with E-state index in [2.05, 4.69) is 50.0 Å². The number of hydrogen-bond acceptors (Lipinski definition) is 1. The summed E-state index contributed by atoms with van der Waals surface area (Å²) in [6.07, 6.45) is 24.2. The molecule has 0 heterocycles. The third-order valence-corrected chi connectivity index (χ3v) is 5.83. The Hall–Kier alpha value is -1.49. The van der Waals surface area contributed by atoms with Crippen molar-refractivity contribution in [3.63, 3.8) is 0 Å². The standard InChI is InChI=1S/C26H42O2/c1-3-5-7-9-10-13-17-23-21-16-22-24(23)18-14-11-15-20-25(26(27)28)19-12-8-6-4-2/h7,9,11,14,23-25H,3-6,8,10,12,15-16,18-22H2,1-2H3,(H,27,28)/t23-,24-,25?/m0/s1. The number of rotatable bonds is 14. The molecular weight excluding hydrogens is 344 g/mol. The van der Waals surface area contributed by atoms with Gasteiger partial charge in [-0.2, -0.15) is 0 Å². The van der Waals surface area contributed by atoms with Gasteiger partial charge in [-0.3, -0.25) is 4.79 Å². The Labute approximate surface area is 173 Å². The molecule has 1 saturated carbocycles. The number of aliphatic carboxylic acids is 1. The van der Waals surface area contributed by atoms with Crippen LogP contribution in [0.1, 0.15) is 104 Å². The minimum atomic E-state index is -0.621. The monoisotopic (exact) mass is 386 g/mol. The smallest absolute Gasteiger partial charge is 0.306 e. The third-order valence-electron chi connectivity index (χ3n) is 5.83. The van der Waals surface area contributed by atoms with Crippen LogP contribution < -0.4 is 0 Å². The first-order valence-electron chi connectivity index (χ1n) is 11.7. The van der Waals surface area contributed by atoms with Crippen LogP contribution in [-0.4, -0.2) is 11.1 Å². The molecule has 2 nitrogen and oxygen atoms in total. The fourth-order valence-corrected chi connectivity index (χ4v) is 4.02. The summed E-state index contributed by atoms with van der Waals surface area (Å²) in [6.45, 7) is 4.38. The third kappa shape index (κ3) is 11.4. The SMILES string of the molecule is CCCC=CCC#C[C@H]1CCC[C@@H]1CC=CCCC(CCCCCC)C(=O)O. The highest BCUT2D eigenvalue weighted by atomic mass is 16.4. The van der Waals surface area contributed by atoms with Crippen LogP contribution in [0.5, 0.6) is 0 Å². The van der Waals surface area contributed by atoms with Crippen molar-refractivity contribution in [2.75, 3.05) is 0 Å². The molecule has 2 heteroatoms. The van der Waals surface area contributed by atoms with Gasteiger partial charge < -0.3 is 5.11 Å². The topological polar surface area (TPSA) is 37.3 Å². The highest BCUT2D eigenvalue weighted by Gasteiger charge is 2.24. The maximum absolute atomic E-state index is 11.4. The van der Waals surface area contributed by atoms with Gasteiger partial charge in [0, 0.05) is 12.3 Å². The van der Waals surface area contributed by atoms with Gasteiger partial charge in [-0.1, -0.05) is 88.5 Å². The van der Waals surface area contributed by atoms with Gasteiger partial charge in [0.05, 0.1) is 5.92 Å². The Morgan fingerprint density at radius 1 is 1.00 bits per heavy atom. The van der Waals surface area contributed by atoms with E-state index in [0.717, 1.165) is 51.4 Å². The molecule has 1 N–H and O–H groups in total. The quantitative estimate of drug-likeness (QED) is 0.190. The average molecular weight is 387 g/mol. The summed E-state index contributed by atoms with van der Waals surface area (Å²) in [5, 5.41) is 9.40. The number of hydrogen-bond donors (Lipinski definition) is 1. The van der Waals surface area contributed by atoms with Crippen molar-refractivity contribution < 1.29 is 9.90 Å². The molecule has 0 aromatic rings. The Kier molecular flexibility index (Phi) is 14.4. The largest absolute Gasteiger partial charge is 0.481 e. The molecule has 1 aliphatic rings. The summed E-state index contributed by atoms with van der Waals surface area (Å²) in [5.41, 5.74) is 0. The highest BCUT2D eigenvalue weighted by Crippen LogP contribution is 2.34. The van der Waals surface area contributed by atoms with Gasteiger partial charge in [0.1, 0.15) is 0 Å². The molecule has 0 amide bonds. The molecule has 1 aliphatic carbocycles. The van der Waals surface area contributed by atoms with E-state index in [9.17, 15) is 9.90 Å². The van der Waals surface area contributed by atoms with Gasteiger partial charge in [0.25, 0.3) is 0 Å². The van der Waals surface area contributed by atoms with Gasteiger partial charge in [-0.05, 0) is 50.9 Å². The second-order valence-electron chi connectivity index (χ2n) is 8.25. The van der Waals surface area contributed by atoms with Gasteiger partial charge in [0.2, 0.25) is 0 Å². The molecule has 3 atom stereocenters. The molecule has 0 aromatic heterocycles. The zero-order valence-corrected chi connectivity index (χ0v) is 18.3. The minimum absolute atomic E-state index is 0.174. The molecular formula is C26H42O2. The van der Waals surface area contributed by atoms with Crippen molar-refractivity contribution in [1.29, 1.82) is 0 Å². The van der Waals surface area contributed by atoms with Gasteiger partial charge in [0.15, 0.2) is 0 Å². The van der Waals surface area contributed by atoms with Crippen LogP contribution in [-0.2, 0) is 4.79 Å². The van der Waals surface area contributed by atoms with Gasteiger partial charge in [-0.25, -0.2) is 0 Å². The van der Waals surface area contributed by atoms with Crippen molar-refractivity contribution in [1.82, 2.24) is 0 Å².